The van der Waals surface area contributed by atoms with Crippen molar-refractivity contribution in [3.8, 4) is 45.8 Å². The molecule has 1 aliphatic rings. The number of hydrogen-bond acceptors (Lipinski definition) is 12. The van der Waals surface area contributed by atoms with Crippen molar-refractivity contribution in [1.82, 2.24) is 0 Å². The van der Waals surface area contributed by atoms with E-state index < -0.39 is 81.4 Å². The molecule has 182 valence electrons. The quantitative estimate of drug-likeness (QED) is 0.242. The highest BCUT2D eigenvalue weighted by atomic mass is 16.5. The second-order valence-corrected chi connectivity index (χ2v) is 7.92. The van der Waals surface area contributed by atoms with Crippen molar-refractivity contribution in [3.05, 3.63) is 34.0 Å². The Labute approximate surface area is 190 Å². The fraction of sp³-hybridized carbons (Fsp3) is 0.318. The van der Waals surface area contributed by atoms with Crippen LogP contribution < -0.4 is 10.2 Å². The van der Waals surface area contributed by atoms with Gasteiger partial charge in [0.05, 0.1) is 18.8 Å². The molecule has 0 amide bonds. The van der Waals surface area contributed by atoms with Crippen LogP contribution in [0.5, 0.6) is 34.5 Å². The molecule has 12 heteroatoms. The first kappa shape index (κ1) is 23.4. The summed E-state index contributed by atoms with van der Waals surface area (Å²) in [4.78, 5) is 13.0. The van der Waals surface area contributed by atoms with Crippen molar-refractivity contribution in [3.63, 3.8) is 0 Å². The lowest BCUT2D eigenvalue weighted by atomic mass is 9.90. The van der Waals surface area contributed by atoms with Crippen molar-refractivity contribution in [1.29, 1.82) is 0 Å². The van der Waals surface area contributed by atoms with Crippen LogP contribution >= 0.6 is 0 Å². The Morgan fingerprint density at radius 2 is 1.47 bits per heavy atom. The van der Waals surface area contributed by atoms with Gasteiger partial charge in [-0.1, -0.05) is 0 Å². The molecule has 4 rings (SSSR count). The van der Waals surface area contributed by atoms with Gasteiger partial charge >= 0.3 is 0 Å². The van der Waals surface area contributed by atoms with Crippen LogP contribution in [0.4, 0.5) is 0 Å². The van der Waals surface area contributed by atoms with Crippen molar-refractivity contribution in [2.75, 3.05) is 7.11 Å². The first-order valence-corrected chi connectivity index (χ1v) is 10.0. The minimum absolute atomic E-state index is 0.110. The zero-order valence-electron chi connectivity index (χ0n) is 17.8. The van der Waals surface area contributed by atoms with E-state index in [0.29, 0.717) is 0 Å². The number of benzene rings is 2. The lowest BCUT2D eigenvalue weighted by Gasteiger charge is -2.39. The summed E-state index contributed by atoms with van der Waals surface area (Å²) in [5, 5.41) is 80.7. The zero-order valence-corrected chi connectivity index (χ0v) is 17.8. The van der Waals surface area contributed by atoms with Gasteiger partial charge in [0.2, 0.25) is 11.2 Å². The standard InChI is InChI=1S/C22H22O12/c1-6-14(26)17(29)19(31)22(33-6)13-11(32-2)5-8(23)12-16(28)18(30)20(34-21(12)13)7-3-9(24)15(27)10(25)4-7/h3-6,14,17,19,22-27,29-31H,1-2H3/t6-,14?,17+,19+,22?/m0/s1. The molecule has 0 spiro atoms. The molecule has 5 atom stereocenters. The van der Waals surface area contributed by atoms with Crippen LogP contribution in [0.1, 0.15) is 18.6 Å². The molecule has 1 fully saturated rings. The Morgan fingerprint density at radius 1 is 0.853 bits per heavy atom. The van der Waals surface area contributed by atoms with Crippen LogP contribution in [0.25, 0.3) is 22.3 Å². The molecule has 12 nitrogen and oxygen atoms in total. The first-order chi connectivity index (χ1) is 16.0. The van der Waals surface area contributed by atoms with Gasteiger partial charge in [0.15, 0.2) is 28.6 Å². The van der Waals surface area contributed by atoms with Gasteiger partial charge in [-0.05, 0) is 19.1 Å². The molecule has 1 saturated heterocycles. The molecule has 0 aliphatic carbocycles. The van der Waals surface area contributed by atoms with Crippen LogP contribution in [0.2, 0.25) is 0 Å². The summed E-state index contributed by atoms with van der Waals surface area (Å²) in [7, 11) is 1.23. The van der Waals surface area contributed by atoms with E-state index in [2.05, 4.69) is 0 Å². The third-order valence-corrected chi connectivity index (χ3v) is 5.81. The number of fused-ring (bicyclic) bond motifs is 1. The third-order valence-electron chi connectivity index (χ3n) is 5.81. The number of phenolic OH excluding ortho intramolecular Hbond substituents is 4. The topological polar surface area (TPSA) is 211 Å². The van der Waals surface area contributed by atoms with E-state index in [-0.39, 0.29) is 16.9 Å². The van der Waals surface area contributed by atoms with Gasteiger partial charge in [-0.15, -0.1) is 0 Å². The number of rotatable bonds is 3. The van der Waals surface area contributed by atoms with Gasteiger partial charge in [0.1, 0.15) is 41.3 Å². The third kappa shape index (κ3) is 3.44. The largest absolute Gasteiger partial charge is 0.507 e. The molecule has 34 heavy (non-hydrogen) atoms. The molecule has 2 unspecified atom stereocenters. The highest BCUT2D eigenvalue weighted by Crippen LogP contribution is 2.46. The molecule has 3 aromatic rings. The molecule has 0 radical (unpaired) electrons. The van der Waals surface area contributed by atoms with Gasteiger partial charge in [-0.25, -0.2) is 0 Å². The molecule has 2 heterocycles. The molecular weight excluding hydrogens is 456 g/mol. The summed E-state index contributed by atoms with van der Waals surface area (Å²) in [5.41, 5.74) is -1.84. The van der Waals surface area contributed by atoms with Crippen molar-refractivity contribution in [2.24, 2.45) is 0 Å². The predicted molar refractivity (Wildman–Crippen MR) is 114 cm³/mol. The SMILES string of the molecule is COc1cc(O)c2c(=O)c(O)c(-c3cc(O)c(O)c(O)c3)oc2c1C1O[C@@H](C)C(O)[C@@H](O)[C@H]1O. The minimum Gasteiger partial charge on any atom is -0.507 e. The minimum atomic E-state index is -1.71. The summed E-state index contributed by atoms with van der Waals surface area (Å²) >= 11 is 0. The van der Waals surface area contributed by atoms with Crippen molar-refractivity contribution >= 4 is 11.0 Å². The van der Waals surface area contributed by atoms with Crippen LogP contribution in [-0.2, 0) is 4.74 Å². The maximum absolute atomic E-state index is 13.0. The monoisotopic (exact) mass is 478 g/mol. The van der Waals surface area contributed by atoms with Crippen molar-refractivity contribution in [2.45, 2.75) is 37.4 Å². The van der Waals surface area contributed by atoms with E-state index in [0.717, 1.165) is 18.2 Å². The molecule has 1 aliphatic heterocycles. The fourth-order valence-electron chi connectivity index (χ4n) is 3.99. The Hall–Kier alpha value is -3.71. The molecule has 0 bridgehead atoms. The number of ether oxygens (including phenoxy) is 2. The number of aromatic hydroxyl groups is 5. The highest BCUT2D eigenvalue weighted by Gasteiger charge is 2.45. The number of hydrogen-bond donors (Lipinski definition) is 8. The Morgan fingerprint density at radius 3 is 2.06 bits per heavy atom. The summed E-state index contributed by atoms with van der Waals surface area (Å²) in [5.74, 6) is -4.69. The number of aliphatic hydroxyl groups excluding tert-OH is 3. The first-order valence-electron chi connectivity index (χ1n) is 10.0. The van der Waals surface area contributed by atoms with E-state index in [1.165, 1.54) is 14.0 Å². The van der Waals surface area contributed by atoms with E-state index >= 15 is 0 Å². The average Bonchev–Trinajstić information content (AvgIpc) is 2.80. The Kier molecular flexibility index (Phi) is 5.69. The van der Waals surface area contributed by atoms with Crippen LogP contribution in [0.3, 0.4) is 0 Å². The maximum Gasteiger partial charge on any atom is 0.238 e. The van der Waals surface area contributed by atoms with Gasteiger partial charge in [0.25, 0.3) is 0 Å². The van der Waals surface area contributed by atoms with E-state index in [1.54, 1.807) is 0 Å². The highest BCUT2D eigenvalue weighted by molar-refractivity contribution is 5.91. The molecular formula is C22H22O12. The normalized spacial score (nSPS) is 24.9. The van der Waals surface area contributed by atoms with E-state index in [9.17, 15) is 45.6 Å². The smallest absolute Gasteiger partial charge is 0.238 e. The van der Waals surface area contributed by atoms with Gasteiger partial charge in [-0.2, -0.15) is 0 Å². The van der Waals surface area contributed by atoms with Crippen molar-refractivity contribution < 1.29 is 54.7 Å². The van der Waals surface area contributed by atoms with Gasteiger partial charge < -0.3 is 54.7 Å². The zero-order chi connectivity index (χ0) is 25.1. The number of methoxy groups -OCH3 is 1. The van der Waals surface area contributed by atoms with Gasteiger partial charge in [-0.3, -0.25) is 4.79 Å². The van der Waals surface area contributed by atoms with Crippen LogP contribution in [-0.4, -0.2) is 72.4 Å². The van der Waals surface area contributed by atoms with Gasteiger partial charge in [0, 0.05) is 11.6 Å². The number of aliphatic hydroxyl groups is 3. The lowest BCUT2D eigenvalue weighted by molar-refractivity contribution is -0.219. The van der Waals surface area contributed by atoms with E-state index in [1.807, 2.05) is 0 Å². The summed E-state index contributed by atoms with van der Waals surface area (Å²) in [6.45, 7) is 1.44. The van der Waals surface area contributed by atoms with E-state index in [4.69, 9.17) is 13.9 Å². The summed E-state index contributed by atoms with van der Waals surface area (Å²) < 4.78 is 16.7. The van der Waals surface area contributed by atoms with Crippen LogP contribution in [0.15, 0.2) is 27.4 Å². The van der Waals surface area contributed by atoms with Crippen LogP contribution in [0, 0.1) is 0 Å². The average molecular weight is 478 g/mol. The second-order valence-electron chi connectivity index (χ2n) is 7.92. The lowest BCUT2D eigenvalue weighted by Crippen LogP contribution is -2.53. The number of phenols is 4. The summed E-state index contributed by atoms with van der Waals surface area (Å²) in [6, 6.07) is 2.85. The predicted octanol–water partition coefficient (Wildman–Crippen LogP) is 0.539. The Balaban J connectivity index is 2.07. The molecule has 2 aromatic carbocycles. The molecule has 8 N–H and O–H groups in total. The second kappa shape index (κ2) is 8.25. The molecule has 0 saturated carbocycles. The maximum atomic E-state index is 13.0. The fourth-order valence-corrected chi connectivity index (χ4v) is 3.99. The summed E-state index contributed by atoms with van der Waals surface area (Å²) in [6.07, 6.45) is -7.15. The Bertz CT molecular complexity index is 1310. The molecule has 1 aromatic heterocycles.